The van der Waals surface area contributed by atoms with Crippen molar-refractivity contribution >= 4 is 73.3 Å². The standard InChI is InChI=1S/C29H26Cl2N4O3S2/c30-20-8-14-25(31)26(18-20)34-40(36,37)24-13-15-28(35-16-4-5-17-35)27(19-24)33-29(39)32-21-9-11-23(12-10-21)38-22-6-2-1-3-7-22/h1-3,6-15,18-19,34H,4-5,16-17H2,(H2,32,33,39). The number of anilines is 4. The summed E-state index contributed by atoms with van der Waals surface area (Å²) in [5.41, 5.74) is 2.39. The monoisotopic (exact) mass is 612 g/mol. The normalized spacial score (nSPS) is 13.1. The fraction of sp³-hybridized carbons (Fsp3) is 0.138. The Kier molecular flexibility index (Phi) is 8.66. The van der Waals surface area contributed by atoms with Crippen molar-refractivity contribution in [3.63, 3.8) is 0 Å². The van der Waals surface area contributed by atoms with E-state index in [4.69, 9.17) is 40.2 Å². The molecule has 0 aromatic heterocycles. The number of para-hydroxylation sites is 1. The Morgan fingerprint density at radius 2 is 1.50 bits per heavy atom. The molecule has 0 spiro atoms. The molecule has 0 atom stereocenters. The Bertz CT molecular complexity index is 1610. The van der Waals surface area contributed by atoms with E-state index in [-0.39, 0.29) is 15.6 Å². The molecule has 1 fully saturated rings. The van der Waals surface area contributed by atoms with Crippen molar-refractivity contribution in [2.45, 2.75) is 17.7 Å². The summed E-state index contributed by atoms with van der Waals surface area (Å²) in [4.78, 5) is 2.26. The van der Waals surface area contributed by atoms with Crippen LogP contribution in [0.4, 0.5) is 22.7 Å². The van der Waals surface area contributed by atoms with Gasteiger partial charge in [-0.1, -0.05) is 41.4 Å². The number of benzene rings is 4. The quantitative estimate of drug-likeness (QED) is 0.174. The third-order valence-electron chi connectivity index (χ3n) is 6.24. The molecule has 1 heterocycles. The van der Waals surface area contributed by atoms with Crippen LogP contribution in [0.25, 0.3) is 0 Å². The van der Waals surface area contributed by atoms with Gasteiger partial charge < -0.3 is 20.3 Å². The number of nitrogens with one attached hydrogen (secondary N) is 3. The zero-order chi connectivity index (χ0) is 28.1. The van der Waals surface area contributed by atoms with Crippen molar-refractivity contribution in [1.82, 2.24) is 0 Å². The van der Waals surface area contributed by atoms with Crippen LogP contribution in [-0.4, -0.2) is 26.6 Å². The highest BCUT2D eigenvalue weighted by Crippen LogP contribution is 2.34. The summed E-state index contributed by atoms with van der Waals surface area (Å²) in [6, 6.07) is 26.4. The highest BCUT2D eigenvalue weighted by molar-refractivity contribution is 7.92. The van der Waals surface area contributed by atoms with Gasteiger partial charge in [-0.15, -0.1) is 0 Å². The second-order valence-corrected chi connectivity index (χ2v) is 12.1. The number of halogens is 2. The highest BCUT2D eigenvalue weighted by atomic mass is 35.5. The Hall–Kier alpha value is -3.50. The van der Waals surface area contributed by atoms with E-state index in [1.165, 1.54) is 12.1 Å². The third-order valence-corrected chi connectivity index (χ3v) is 8.37. The third kappa shape index (κ3) is 6.98. The topological polar surface area (TPSA) is 82.7 Å². The van der Waals surface area contributed by atoms with Gasteiger partial charge in [0.2, 0.25) is 0 Å². The lowest BCUT2D eigenvalue weighted by Gasteiger charge is -2.23. The molecular weight excluding hydrogens is 587 g/mol. The molecule has 4 aromatic carbocycles. The summed E-state index contributed by atoms with van der Waals surface area (Å²) >= 11 is 17.8. The molecule has 0 unspecified atom stereocenters. The minimum atomic E-state index is -3.97. The van der Waals surface area contributed by atoms with E-state index in [0.29, 0.717) is 21.6 Å². The van der Waals surface area contributed by atoms with Crippen molar-refractivity contribution in [3.05, 3.63) is 101 Å². The Morgan fingerprint density at radius 3 is 2.23 bits per heavy atom. The zero-order valence-corrected chi connectivity index (χ0v) is 24.4. The van der Waals surface area contributed by atoms with Crippen LogP contribution >= 0.6 is 35.4 Å². The average Bonchev–Trinajstić information content (AvgIpc) is 3.47. The molecule has 1 aliphatic rings. The highest BCUT2D eigenvalue weighted by Gasteiger charge is 2.22. The van der Waals surface area contributed by atoms with Gasteiger partial charge in [-0.05, 0) is 97.9 Å². The number of hydrogen-bond donors (Lipinski definition) is 3. The van der Waals surface area contributed by atoms with Crippen LogP contribution < -0.4 is 25.0 Å². The molecule has 0 saturated carbocycles. The lowest BCUT2D eigenvalue weighted by molar-refractivity contribution is 0.483. The molecule has 11 heteroatoms. The number of thiocarbonyl (C=S) groups is 1. The van der Waals surface area contributed by atoms with Gasteiger partial charge >= 0.3 is 0 Å². The summed E-state index contributed by atoms with van der Waals surface area (Å²) in [5, 5.41) is 7.28. The number of hydrogen-bond acceptors (Lipinski definition) is 5. The summed E-state index contributed by atoms with van der Waals surface area (Å²) in [6.07, 6.45) is 2.13. The van der Waals surface area contributed by atoms with Crippen LogP contribution in [0.5, 0.6) is 11.5 Å². The fourth-order valence-corrected chi connectivity index (χ4v) is 6.03. The van der Waals surface area contributed by atoms with Crippen LogP contribution in [0, 0.1) is 0 Å². The Balaban J connectivity index is 1.34. The van der Waals surface area contributed by atoms with Gasteiger partial charge in [0.15, 0.2) is 5.11 Å². The van der Waals surface area contributed by atoms with E-state index < -0.39 is 10.0 Å². The van der Waals surface area contributed by atoms with E-state index >= 15 is 0 Å². The first-order chi connectivity index (χ1) is 19.3. The number of rotatable bonds is 8. The van der Waals surface area contributed by atoms with Crippen molar-refractivity contribution < 1.29 is 13.2 Å². The van der Waals surface area contributed by atoms with E-state index in [1.54, 1.807) is 24.3 Å². The van der Waals surface area contributed by atoms with Crippen LogP contribution in [0.3, 0.4) is 0 Å². The second-order valence-electron chi connectivity index (χ2n) is 9.12. The largest absolute Gasteiger partial charge is 0.457 e. The summed E-state index contributed by atoms with van der Waals surface area (Å²) in [5.74, 6) is 1.44. The zero-order valence-electron chi connectivity index (χ0n) is 21.2. The second kappa shape index (κ2) is 12.3. The first-order valence-corrected chi connectivity index (χ1v) is 15.2. The first kappa shape index (κ1) is 28.0. The Morgan fingerprint density at radius 1 is 0.800 bits per heavy atom. The smallest absolute Gasteiger partial charge is 0.262 e. The Labute approximate surface area is 249 Å². The molecule has 3 N–H and O–H groups in total. The maximum absolute atomic E-state index is 13.3. The first-order valence-electron chi connectivity index (χ1n) is 12.5. The summed E-state index contributed by atoms with van der Waals surface area (Å²) in [7, 11) is -3.97. The number of ether oxygens (including phenoxy) is 1. The van der Waals surface area contributed by atoms with Gasteiger partial charge in [-0.3, -0.25) is 4.72 Å². The molecule has 5 rings (SSSR count). The molecule has 1 saturated heterocycles. The summed E-state index contributed by atoms with van der Waals surface area (Å²) < 4.78 is 34.9. The average molecular weight is 614 g/mol. The molecule has 206 valence electrons. The molecule has 7 nitrogen and oxygen atoms in total. The molecule has 1 aliphatic heterocycles. The van der Waals surface area contributed by atoms with E-state index in [1.807, 2.05) is 54.6 Å². The van der Waals surface area contributed by atoms with Crippen LogP contribution in [0.2, 0.25) is 10.0 Å². The lowest BCUT2D eigenvalue weighted by Crippen LogP contribution is -2.24. The maximum Gasteiger partial charge on any atom is 0.262 e. The van der Waals surface area contributed by atoms with E-state index in [9.17, 15) is 8.42 Å². The van der Waals surface area contributed by atoms with Crippen molar-refractivity contribution in [2.75, 3.05) is 33.3 Å². The molecule has 4 aromatic rings. The predicted molar refractivity (Wildman–Crippen MR) is 168 cm³/mol. The van der Waals surface area contributed by atoms with Crippen molar-refractivity contribution in [3.8, 4) is 11.5 Å². The van der Waals surface area contributed by atoms with Crippen LogP contribution in [0.15, 0.2) is 95.9 Å². The van der Waals surface area contributed by atoms with Gasteiger partial charge in [0, 0.05) is 23.8 Å². The summed E-state index contributed by atoms with van der Waals surface area (Å²) in [6.45, 7) is 1.75. The predicted octanol–water partition coefficient (Wildman–Crippen LogP) is 8.00. The molecule has 0 radical (unpaired) electrons. The number of nitrogens with zero attached hydrogens (tertiary/aromatic N) is 1. The van der Waals surface area contributed by atoms with E-state index in [2.05, 4.69) is 20.3 Å². The van der Waals surface area contributed by atoms with Gasteiger partial charge in [0.25, 0.3) is 10.0 Å². The van der Waals surface area contributed by atoms with Crippen molar-refractivity contribution in [2.24, 2.45) is 0 Å². The minimum absolute atomic E-state index is 0.0548. The van der Waals surface area contributed by atoms with Crippen LogP contribution in [0.1, 0.15) is 12.8 Å². The number of sulfonamides is 1. The van der Waals surface area contributed by atoms with Gasteiger partial charge in [0.1, 0.15) is 11.5 Å². The fourth-order valence-electron chi connectivity index (χ4n) is 4.31. The lowest BCUT2D eigenvalue weighted by atomic mass is 10.2. The van der Waals surface area contributed by atoms with Gasteiger partial charge in [-0.2, -0.15) is 0 Å². The molecule has 0 bridgehead atoms. The van der Waals surface area contributed by atoms with Crippen molar-refractivity contribution in [1.29, 1.82) is 0 Å². The molecule has 0 amide bonds. The maximum atomic E-state index is 13.3. The minimum Gasteiger partial charge on any atom is -0.457 e. The van der Waals surface area contributed by atoms with E-state index in [0.717, 1.165) is 43.1 Å². The molecule has 40 heavy (non-hydrogen) atoms. The van der Waals surface area contributed by atoms with Gasteiger partial charge in [0.05, 0.1) is 27.0 Å². The molecular formula is C29H26Cl2N4O3S2. The van der Waals surface area contributed by atoms with Gasteiger partial charge in [-0.25, -0.2) is 8.42 Å². The molecule has 0 aliphatic carbocycles. The SMILES string of the molecule is O=S(=O)(Nc1cc(Cl)ccc1Cl)c1ccc(N2CCCC2)c(NC(=S)Nc2ccc(Oc3ccccc3)cc2)c1. The van der Waals surface area contributed by atoms with Crippen LogP contribution in [-0.2, 0) is 10.0 Å².